The van der Waals surface area contributed by atoms with Crippen LogP contribution in [0.15, 0.2) is 102 Å². The van der Waals surface area contributed by atoms with E-state index in [-0.39, 0.29) is 56.4 Å². The SMILES string of the molecule is CC(C)(C)c1ccccc1C([NH-])=O.CC1=[C-]C(C)C(C)=C1C.[Cl-].[Cl-].[Zr+4].c1ccc([Si]c2ccccc2)cc1. The Kier molecular flexibility index (Phi) is 18.8. The Bertz CT molecular complexity index is 1140. The summed E-state index contributed by atoms with van der Waals surface area (Å²) in [6.07, 6.45) is 3.36. The number of carbonyl (C=O) groups excluding carboxylic acids is 1. The summed E-state index contributed by atoms with van der Waals surface area (Å²) in [6, 6.07) is 28.4. The second-order valence-electron chi connectivity index (χ2n) is 9.78. The number of hydrogen-bond donors (Lipinski definition) is 0. The van der Waals surface area contributed by atoms with E-state index in [9.17, 15) is 4.79 Å². The van der Waals surface area contributed by atoms with E-state index in [4.69, 9.17) is 5.73 Å². The molecule has 0 heterocycles. The Labute approximate surface area is 264 Å². The first-order chi connectivity index (χ1) is 16.5. The minimum atomic E-state index is -0.606. The van der Waals surface area contributed by atoms with E-state index in [2.05, 4.69) is 94.4 Å². The Morgan fingerprint density at radius 2 is 1.21 bits per heavy atom. The fraction of sp³-hybridized carbons (Fsp3) is 0.281. The summed E-state index contributed by atoms with van der Waals surface area (Å²) < 4.78 is 0. The Morgan fingerprint density at radius 3 is 1.50 bits per heavy atom. The number of benzene rings is 3. The fourth-order valence-electron chi connectivity index (χ4n) is 3.71. The van der Waals surface area contributed by atoms with Gasteiger partial charge in [0.25, 0.3) is 0 Å². The molecule has 198 valence electrons. The van der Waals surface area contributed by atoms with Gasteiger partial charge in [-0.05, 0) is 11.0 Å². The summed E-state index contributed by atoms with van der Waals surface area (Å²) in [5, 5.41) is 2.79. The van der Waals surface area contributed by atoms with Crippen LogP contribution >= 0.6 is 0 Å². The smallest absolute Gasteiger partial charge is 1.00 e. The Morgan fingerprint density at radius 1 is 0.789 bits per heavy atom. The summed E-state index contributed by atoms with van der Waals surface area (Å²) >= 11 is 0. The summed E-state index contributed by atoms with van der Waals surface area (Å²) in [5.41, 5.74) is 12.7. The minimum absolute atomic E-state index is 0. The van der Waals surface area contributed by atoms with Crippen LogP contribution in [0.2, 0.25) is 0 Å². The maximum absolute atomic E-state index is 11.0. The van der Waals surface area contributed by atoms with Gasteiger partial charge in [-0.1, -0.05) is 143 Å². The van der Waals surface area contributed by atoms with Gasteiger partial charge in [-0.3, -0.25) is 6.08 Å². The molecule has 1 aliphatic carbocycles. The number of hydrogen-bond acceptors (Lipinski definition) is 1. The first kappa shape index (κ1) is 38.4. The number of nitrogens with one attached hydrogen (secondary N) is 1. The van der Waals surface area contributed by atoms with Crippen molar-refractivity contribution in [2.24, 2.45) is 5.92 Å². The summed E-state index contributed by atoms with van der Waals surface area (Å²) in [6.45, 7) is 14.8. The van der Waals surface area contributed by atoms with Crippen molar-refractivity contribution in [3.8, 4) is 0 Å². The van der Waals surface area contributed by atoms with Crippen LogP contribution in [0.1, 0.15) is 64.4 Å². The number of allylic oxidation sites excluding steroid dienone is 4. The standard InChI is InChI=1S/C12H10Si.C11H15NO.C9H13.2ClH.Zr/c1-3-7-11(8-4-1)13-12-9-5-2-6-10-12;1-11(2,3)9-7-5-4-6-8(9)10(12)13;1-6-5-7(2)9(4)8(6)3;;;/h1-10H;4-7H,1-3H3,(H2,12,13);6H,1-4H3;2*1H;/q;;-1;;;+4/p-3. The normalized spacial score (nSPS) is 13.7. The molecule has 0 spiro atoms. The molecule has 2 nitrogen and oxygen atoms in total. The molecular weight excluding hydrogens is 605 g/mol. The van der Waals surface area contributed by atoms with Crippen molar-refractivity contribution in [1.29, 1.82) is 0 Å². The minimum Gasteiger partial charge on any atom is -1.00 e. The molecule has 1 amide bonds. The molecule has 1 N–H and O–H groups in total. The molecule has 1 aliphatic rings. The molecule has 1 atom stereocenters. The number of rotatable bonds is 3. The van der Waals surface area contributed by atoms with Gasteiger partial charge in [-0.25, -0.2) is 5.57 Å². The third kappa shape index (κ3) is 12.4. The molecule has 6 heteroatoms. The van der Waals surface area contributed by atoms with Gasteiger partial charge in [0.2, 0.25) is 0 Å². The number of halogens is 2. The third-order valence-electron chi connectivity index (χ3n) is 6.05. The largest absolute Gasteiger partial charge is 4.00 e. The van der Waals surface area contributed by atoms with Gasteiger partial charge in [0.05, 0.1) is 5.91 Å². The summed E-state index contributed by atoms with van der Waals surface area (Å²) in [5.74, 6) is -0.0458. The molecule has 38 heavy (non-hydrogen) atoms. The molecule has 3 aromatic carbocycles. The predicted octanol–water partition coefficient (Wildman–Crippen LogP) is 1.25. The van der Waals surface area contributed by atoms with Crippen molar-refractivity contribution in [2.45, 2.75) is 53.9 Å². The molecule has 4 rings (SSSR count). The van der Waals surface area contributed by atoms with E-state index in [1.165, 1.54) is 27.1 Å². The van der Waals surface area contributed by atoms with Crippen molar-refractivity contribution in [3.05, 3.63) is 125 Å². The number of carbonyl (C=O) groups is 1. The van der Waals surface area contributed by atoms with E-state index >= 15 is 0 Å². The Balaban J connectivity index is 0. The molecule has 1 unspecified atom stereocenters. The molecule has 2 radical (unpaired) electrons. The second-order valence-corrected chi connectivity index (χ2v) is 11.2. The van der Waals surface area contributed by atoms with Crippen molar-refractivity contribution in [3.63, 3.8) is 0 Å². The topological polar surface area (TPSA) is 40.9 Å². The van der Waals surface area contributed by atoms with Gasteiger partial charge in [-0.2, -0.15) is 11.1 Å². The zero-order valence-electron chi connectivity index (χ0n) is 23.3. The van der Waals surface area contributed by atoms with E-state index < -0.39 is 5.91 Å². The zero-order chi connectivity index (χ0) is 26.0. The first-order valence-corrected chi connectivity index (χ1v) is 13.0. The van der Waals surface area contributed by atoms with Crippen LogP contribution in [-0.4, -0.2) is 15.4 Å². The van der Waals surface area contributed by atoms with Crippen molar-refractivity contribution in [1.82, 2.24) is 0 Å². The first-order valence-electron chi connectivity index (χ1n) is 12.0. The van der Waals surface area contributed by atoms with Crippen LogP contribution in [0.4, 0.5) is 0 Å². The van der Waals surface area contributed by atoms with Crippen LogP contribution in [-0.2, 0) is 31.6 Å². The van der Waals surface area contributed by atoms with Gasteiger partial charge in [0.1, 0.15) is 9.52 Å². The van der Waals surface area contributed by atoms with Crippen LogP contribution in [0.5, 0.6) is 0 Å². The van der Waals surface area contributed by atoms with E-state index in [1.807, 2.05) is 32.9 Å². The summed E-state index contributed by atoms with van der Waals surface area (Å²) in [4.78, 5) is 11.0. The molecule has 0 aliphatic heterocycles. The van der Waals surface area contributed by atoms with E-state index in [0.717, 1.165) is 15.1 Å². The third-order valence-corrected chi connectivity index (χ3v) is 7.30. The van der Waals surface area contributed by atoms with E-state index in [1.54, 1.807) is 12.1 Å². The molecule has 0 saturated carbocycles. The fourth-order valence-corrected chi connectivity index (χ4v) is 4.76. The average molecular weight is 642 g/mol. The monoisotopic (exact) mass is 639 g/mol. The van der Waals surface area contributed by atoms with Crippen LogP contribution in [0, 0.1) is 12.0 Å². The van der Waals surface area contributed by atoms with E-state index in [0.29, 0.717) is 11.5 Å². The molecule has 0 bridgehead atoms. The van der Waals surface area contributed by atoms with Gasteiger partial charge < -0.3 is 35.3 Å². The van der Waals surface area contributed by atoms with Crippen LogP contribution < -0.4 is 35.2 Å². The maximum atomic E-state index is 11.0. The molecule has 0 saturated heterocycles. The van der Waals surface area contributed by atoms with Gasteiger partial charge in [0.15, 0.2) is 0 Å². The van der Waals surface area contributed by atoms with Gasteiger partial charge in [0, 0.05) is 5.56 Å². The second kappa shape index (κ2) is 18.6. The van der Waals surface area contributed by atoms with Gasteiger partial charge >= 0.3 is 26.2 Å². The van der Waals surface area contributed by atoms with Crippen molar-refractivity contribution < 1.29 is 55.8 Å². The van der Waals surface area contributed by atoms with Crippen molar-refractivity contribution in [2.75, 3.05) is 0 Å². The average Bonchev–Trinajstić information content (AvgIpc) is 3.06. The zero-order valence-corrected chi connectivity index (χ0v) is 28.3. The predicted molar refractivity (Wildman–Crippen MR) is 152 cm³/mol. The summed E-state index contributed by atoms with van der Waals surface area (Å²) in [7, 11) is 0.777. The molecule has 0 fully saturated rings. The molecule has 0 aromatic heterocycles. The Hall–Kier alpha value is -1.71. The quantitative estimate of drug-likeness (QED) is 0.314. The molecular formula is C32H37Cl2NOSiZr. The maximum Gasteiger partial charge on any atom is 4.00 e. The molecule has 3 aromatic rings. The number of amides is 1. The van der Waals surface area contributed by atoms with Crippen molar-refractivity contribution >= 4 is 25.8 Å². The van der Waals surface area contributed by atoms with Crippen LogP contribution in [0.3, 0.4) is 0 Å². The van der Waals surface area contributed by atoms with Crippen LogP contribution in [0.25, 0.3) is 5.73 Å². The van der Waals surface area contributed by atoms with Gasteiger partial charge in [-0.15, -0.1) is 6.92 Å².